The number of rotatable bonds is 9. The van der Waals surface area contributed by atoms with Gasteiger partial charge in [-0.05, 0) is 89.0 Å². The van der Waals surface area contributed by atoms with Crippen LogP contribution < -0.4 is 15.4 Å². The minimum absolute atomic E-state index is 0.139. The van der Waals surface area contributed by atoms with Gasteiger partial charge >= 0.3 is 0 Å². The van der Waals surface area contributed by atoms with E-state index in [0.717, 1.165) is 66.2 Å². The Morgan fingerprint density at radius 3 is 2.81 bits per heavy atom. The number of thiazole rings is 1. The molecule has 4 aromatic rings. The van der Waals surface area contributed by atoms with Gasteiger partial charge in [-0.3, -0.25) is 9.20 Å². The fraction of sp³-hybridized carbons (Fsp3) is 0.500. The van der Waals surface area contributed by atoms with Crippen molar-refractivity contribution in [2.45, 2.75) is 57.1 Å². The monoisotopic (exact) mass is 591 g/mol. The van der Waals surface area contributed by atoms with E-state index in [1.165, 1.54) is 30.6 Å². The molecule has 3 aliphatic rings. The number of imidazole rings is 1. The van der Waals surface area contributed by atoms with E-state index in [9.17, 15) is 4.79 Å². The zero-order chi connectivity index (χ0) is 28.7. The molecule has 3 fully saturated rings. The van der Waals surface area contributed by atoms with Crippen LogP contribution in [0.4, 0.5) is 4.39 Å². The van der Waals surface area contributed by atoms with Crippen molar-refractivity contribution >= 4 is 32.4 Å². The van der Waals surface area contributed by atoms with Crippen LogP contribution in [0.15, 0.2) is 36.5 Å². The molecule has 1 atom stereocenters. The fourth-order valence-electron chi connectivity index (χ4n) is 6.34. The molecule has 2 aromatic heterocycles. The van der Waals surface area contributed by atoms with Crippen LogP contribution in [-0.4, -0.2) is 71.7 Å². The molecule has 5 heterocycles. The number of carbonyl (C=O) groups is 1. The van der Waals surface area contributed by atoms with Gasteiger partial charge in [0, 0.05) is 30.4 Å². The van der Waals surface area contributed by atoms with Crippen molar-refractivity contribution in [1.29, 1.82) is 0 Å². The highest BCUT2D eigenvalue weighted by Crippen LogP contribution is 2.37. The molecule has 0 unspecified atom stereocenters. The number of carbonyl (C=O) groups excluding carboxylic acids is 1. The molecule has 222 valence electrons. The molecule has 7 rings (SSSR count). The Labute approximate surface area is 249 Å². The van der Waals surface area contributed by atoms with E-state index in [1.807, 2.05) is 41.8 Å². The van der Waals surface area contributed by atoms with Gasteiger partial charge in [0.15, 0.2) is 10.6 Å². The predicted molar refractivity (Wildman–Crippen MR) is 163 cm³/mol. The molecular formula is C32H38FN5O3S. The van der Waals surface area contributed by atoms with Crippen LogP contribution in [0.1, 0.15) is 67.4 Å². The highest BCUT2D eigenvalue weighted by Gasteiger charge is 2.37. The van der Waals surface area contributed by atoms with E-state index < -0.39 is 5.60 Å². The quantitative estimate of drug-likeness (QED) is 0.249. The van der Waals surface area contributed by atoms with E-state index >= 15 is 4.39 Å². The first kappa shape index (κ1) is 27.8. The standard InChI is InChI=1S/C32H38FN5O3S/c1-32(19-40-20-32)41-28-17-27-29(16-23(28)30(39)35-11-6-14-37-12-3-2-4-13-37)42-31-36-26(18-38(27)31)22-9-8-21(15-24(22)33)25-7-5-10-34-25/h8-9,15-18,25,34H,2-7,10-14,19-20H2,1H3,(H,35,39)/t25-/m0/s1. The summed E-state index contributed by atoms with van der Waals surface area (Å²) in [4.78, 5) is 21.4. The van der Waals surface area contributed by atoms with E-state index in [0.29, 0.717) is 42.3 Å². The summed E-state index contributed by atoms with van der Waals surface area (Å²) < 4.78 is 30.0. The van der Waals surface area contributed by atoms with Gasteiger partial charge in [0.1, 0.15) is 11.6 Å². The minimum Gasteiger partial charge on any atom is -0.482 e. The third-order valence-corrected chi connectivity index (χ3v) is 9.75. The van der Waals surface area contributed by atoms with E-state index in [-0.39, 0.29) is 17.8 Å². The van der Waals surface area contributed by atoms with Crippen molar-refractivity contribution in [2.75, 3.05) is 45.9 Å². The van der Waals surface area contributed by atoms with E-state index in [1.54, 1.807) is 6.07 Å². The van der Waals surface area contributed by atoms with Crippen LogP contribution in [-0.2, 0) is 4.74 Å². The number of hydrogen-bond acceptors (Lipinski definition) is 7. The van der Waals surface area contributed by atoms with Crippen molar-refractivity contribution < 1.29 is 18.7 Å². The van der Waals surface area contributed by atoms with Crippen LogP contribution >= 0.6 is 11.3 Å². The molecule has 10 heteroatoms. The van der Waals surface area contributed by atoms with Gasteiger partial charge in [-0.1, -0.05) is 23.8 Å². The first-order valence-electron chi connectivity index (χ1n) is 15.2. The van der Waals surface area contributed by atoms with Crippen molar-refractivity contribution in [2.24, 2.45) is 0 Å². The van der Waals surface area contributed by atoms with Crippen LogP contribution in [0.3, 0.4) is 0 Å². The predicted octanol–water partition coefficient (Wildman–Crippen LogP) is 5.55. The Hall–Kier alpha value is -3.05. The highest BCUT2D eigenvalue weighted by molar-refractivity contribution is 7.23. The van der Waals surface area contributed by atoms with Gasteiger partial charge < -0.3 is 25.0 Å². The smallest absolute Gasteiger partial charge is 0.255 e. The maximum atomic E-state index is 15.3. The summed E-state index contributed by atoms with van der Waals surface area (Å²) in [5.41, 5.74) is 2.96. The summed E-state index contributed by atoms with van der Waals surface area (Å²) in [6, 6.07) is 9.49. The summed E-state index contributed by atoms with van der Waals surface area (Å²) in [7, 11) is 0. The van der Waals surface area contributed by atoms with Crippen molar-refractivity contribution in [3.05, 3.63) is 53.5 Å². The number of fused-ring (bicyclic) bond motifs is 3. The molecule has 0 saturated carbocycles. The lowest BCUT2D eigenvalue weighted by molar-refractivity contribution is -0.150. The Balaban J connectivity index is 1.15. The van der Waals surface area contributed by atoms with Crippen molar-refractivity contribution in [1.82, 2.24) is 24.9 Å². The van der Waals surface area contributed by atoms with E-state index in [4.69, 9.17) is 14.5 Å². The Kier molecular flexibility index (Phi) is 7.64. The summed E-state index contributed by atoms with van der Waals surface area (Å²) in [5, 5.41) is 6.55. The second-order valence-corrected chi connectivity index (χ2v) is 13.2. The molecule has 0 radical (unpaired) electrons. The molecule has 0 spiro atoms. The largest absolute Gasteiger partial charge is 0.482 e. The summed E-state index contributed by atoms with van der Waals surface area (Å²) in [6.45, 7) is 7.84. The number of piperidine rings is 1. The number of halogens is 1. The van der Waals surface area contributed by atoms with E-state index in [2.05, 4.69) is 15.5 Å². The lowest BCUT2D eigenvalue weighted by atomic mass is 10.0. The SMILES string of the molecule is CC1(Oc2cc3c(cc2C(=O)NCCCN2CCCCC2)sc2nc(-c4ccc([C@@H]5CCCN5)cc4F)cn23)COC1. The number of aromatic nitrogens is 2. The number of amides is 1. The first-order chi connectivity index (χ1) is 20.5. The number of hydrogen-bond donors (Lipinski definition) is 2. The molecule has 1 amide bonds. The van der Waals surface area contributed by atoms with Gasteiger partial charge in [0.2, 0.25) is 0 Å². The normalized spacial score (nSPS) is 20.7. The van der Waals surface area contributed by atoms with Crippen LogP contribution in [0.2, 0.25) is 0 Å². The molecular weight excluding hydrogens is 553 g/mol. The van der Waals surface area contributed by atoms with Gasteiger partial charge in [0.05, 0.1) is 34.7 Å². The number of ether oxygens (including phenoxy) is 2. The fourth-order valence-corrected chi connectivity index (χ4v) is 7.37. The number of nitrogens with zero attached hydrogens (tertiary/aromatic N) is 3. The Morgan fingerprint density at radius 1 is 1.21 bits per heavy atom. The van der Waals surface area contributed by atoms with Gasteiger partial charge in [-0.2, -0.15) is 0 Å². The summed E-state index contributed by atoms with van der Waals surface area (Å²) >= 11 is 1.48. The molecule has 0 bridgehead atoms. The second kappa shape index (κ2) is 11.6. The average molecular weight is 592 g/mol. The third kappa shape index (κ3) is 5.53. The maximum Gasteiger partial charge on any atom is 0.255 e. The molecule has 3 saturated heterocycles. The lowest BCUT2D eigenvalue weighted by Gasteiger charge is -2.38. The number of benzene rings is 2. The highest BCUT2D eigenvalue weighted by atomic mass is 32.1. The van der Waals surface area contributed by atoms with Crippen molar-refractivity contribution in [3.8, 4) is 17.0 Å². The lowest BCUT2D eigenvalue weighted by Crippen LogP contribution is -2.52. The molecule has 2 aromatic carbocycles. The van der Waals surface area contributed by atoms with Crippen molar-refractivity contribution in [3.63, 3.8) is 0 Å². The number of nitrogens with one attached hydrogen (secondary N) is 2. The first-order valence-corrected chi connectivity index (χ1v) is 16.0. The zero-order valence-corrected chi connectivity index (χ0v) is 24.9. The average Bonchev–Trinajstić information content (AvgIpc) is 3.72. The maximum absolute atomic E-state index is 15.3. The second-order valence-electron chi connectivity index (χ2n) is 12.1. The minimum atomic E-state index is -0.481. The summed E-state index contributed by atoms with van der Waals surface area (Å²) in [5.74, 6) is 0.119. The zero-order valence-electron chi connectivity index (χ0n) is 24.1. The van der Waals surface area contributed by atoms with Gasteiger partial charge in [-0.15, -0.1) is 0 Å². The topological polar surface area (TPSA) is 80.1 Å². The van der Waals surface area contributed by atoms with Crippen LogP contribution in [0.25, 0.3) is 26.4 Å². The van der Waals surface area contributed by atoms with Gasteiger partial charge in [0.25, 0.3) is 5.91 Å². The van der Waals surface area contributed by atoms with Crippen LogP contribution in [0, 0.1) is 5.82 Å². The van der Waals surface area contributed by atoms with Gasteiger partial charge in [-0.25, -0.2) is 9.37 Å². The summed E-state index contributed by atoms with van der Waals surface area (Å²) in [6.07, 6.45) is 8.77. The molecule has 2 N–H and O–H groups in total. The Bertz CT molecular complexity index is 1600. The molecule has 42 heavy (non-hydrogen) atoms. The third-order valence-electron chi connectivity index (χ3n) is 8.73. The number of likely N-dealkylation sites (tertiary alicyclic amines) is 1. The molecule has 8 nitrogen and oxygen atoms in total. The Morgan fingerprint density at radius 2 is 2.07 bits per heavy atom. The molecule has 0 aliphatic carbocycles. The molecule has 3 aliphatic heterocycles. The van der Waals surface area contributed by atoms with Crippen LogP contribution in [0.5, 0.6) is 5.75 Å².